The number of rotatable bonds is 2. The molecule has 1 N–H and O–H groups in total. The molecule has 1 aliphatic heterocycles. The third kappa shape index (κ3) is 3.27. The fourth-order valence-electron chi connectivity index (χ4n) is 4.56. The summed E-state index contributed by atoms with van der Waals surface area (Å²) in [5.41, 5.74) is 1.56. The number of hydrogen-bond donors (Lipinski definition) is 1. The molecule has 2 aromatic carbocycles. The van der Waals surface area contributed by atoms with Crippen molar-refractivity contribution < 1.29 is 14.3 Å². The molecule has 2 heterocycles. The predicted octanol–water partition coefficient (Wildman–Crippen LogP) is 4.31. The summed E-state index contributed by atoms with van der Waals surface area (Å²) in [4.78, 5) is 29.8. The second-order valence-electron chi connectivity index (χ2n) is 8.01. The molecule has 5 rings (SSSR count). The number of para-hydroxylation sites is 2. The highest BCUT2D eigenvalue weighted by Crippen LogP contribution is 2.41. The maximum Gasteiger partial charge on any atom is 0.253 e. The zero-order chi connectivity index (χ0) is 19.8. The smallest absolute Gasteiger partial charge is 0.253 e. The van der Waals surface area contributed by atoms with Gasteiger partial charge in [-0.25, -0.2) is 0 Å². The summed E-state index contributed by atoms with van der Waals surface area (Å²) in [6.07, 6.45) is 5.22. The van der Waals surface area contributed by atoms with Gasteiger partial charge < -0.3 is 10.1 Å². The summed E-state index contributed by atoms with van der Waals surface area (Å²) in [5, 5.41) is 4.11. The number of fused-ring (bicyclic) bond motifs is 2. The number of pyridine rings is 1. The van der Waals surface area contributed by atoms with E-state index < -0.39 is 5.60 Å². The van der Waals surface area contributed by atoms with E-state index in [1.165, 1.54) is 0 Å². The van der Waals surface area contributed by atoms with Gasteiger partial charge >= 0.3 is 0 Å². The molecule has 3 aromatic rings. The van der Waals surface area contributed by atoms with Crippen molar-refractivity contribution in [2.24, 2.45) is 0 Å². The molecule has 0 atom stereocenters. The summed E-state index contributed by atoms with van der Waals surface area (Å²) in [6.45, 7) is 0. The van der Waals surface area contributed by atoms with Crippen molar-refractivity contribution in [3.8, 4) is 5.75 Å². The van der Waals surface area contributed by atoms with Crippen LogP contribution in [-0.4, -0.2) is 28.3 Å². The Morgan fingerprint density at radius 3 is 2.69 bits per heavy atom. The number of ether oxygens (including phenoxy) is 1. The summed E-state index contributed by atoms with van der Waals surface area (Å²) < 4.78 is 6.28. The standard InChI is InChI=1S/C24H22N2O3/c27-20-15-24(29-21-9-2-1-7-18(20)21)12-10-17(11-13-24)26-23(28)19-8-3-5-16-6-4-14-25-22(16)19/h1-9,14,17H,10-13,15H2,(H,26,28). The van der Waals surface area contributed by atoms with Crippen molar-refractivity contribution in [1.82, 2.24) is 10.3 Å². The maximum atomic E-state index is 12.9. The zero-order valence-corrected chi connectivity index (χ0v) is 16.1. The number of carbonyl (C=O) groups is 2. The number of amides is 1. The molecule has 146 valence electrons. The minimum Gasteiger partial charge on any atom is -0.486 e. The van der Waals surface area contributed by atoms with Crippen LogP contribution in [0.25, 0.3) is 10.9 Å². The number of hydrogen-bond acceptors (Lipinski definition) is 4. The van der Waals surface area contributed by atoms with Crippen LogP contribution in [0.1, 0.15) is 52.8 Å². The topological polar surface area (TPSA) is 68.3 Å². The quantitative estimate of drug-likeness (QED) is 0.713. The van der Waals surface area contributed by atoms with Gasteiger partial charge in [-0.15, -0.1) is 0 Å². The largest absolute Gasteiger partial charge is 0.486 e. The van der Waals surface area contributed by atoms with Crippen LogP contribution in [0.15, 0.2) is 60.8 Å². The van der Waals surface area contributed by atoms with E-state index in [0.29, 0.717) is 23.3 Å². The third-order valence-corrected chi connectivity index (χ3v) is 6.11. The zero-order valence-electron chi connectivity index (χ0n) is 16.1. The van der Waals surface area contributed by atoms with Crippen LogP contribution >= 0.6 is 0 Å². The van der Waals surface area contributed by atoms with Crippen molar-refractivity contribution in [2.45, 2.75) is 43.7 Å². The van der Waals surface area contributed by atoms with Crippen LogP contribution in [0, 0.1) is 0 Å². The lowest BCUT2D eigenvalue weighted by Gasteiger charge is -2.42. The fourth-order valence-corrected chi connectivity index (χ4v) is 4.56. The van der Waals surface area contributed by atoms with Gasteiger partial charge in [0.05, 0.1) is 23.1 Å². The number of aromatic nitrogens is 1. The number of ketones is 1. The average Bonchev–Trinajstić information content (AvgIpc) is 2.75. The minimum absolute atomic E-state index is 0.0722. The van der Waals surface area contributed by atoms with Gasteiger partial charge in [0.2, 0.25) is 0 Å². The molecule has 2 aliphatic rings. The van der Waals surface area contributed by atoms with E-state index in [4.69, 9.17) is 4.74 Å². The molecule has 1 amide bonds. The molecule has 0 unspecified atom stereocenters. The number of nitrogens with zero attached hydrogens (tertiary/aromatic N) is 1. The Morgan fingerprint density at radius 1 is 1.03 bits per heavy atom. The number of carbonyl (C=O) groups excluding carboxylic acids is 2. The van der Waals surface area contributed by atoms with Crippen LogP contribution in [0.2, 0.25) is 0 Å². The molecule has 5 nitrogen and oxygen atoms in total. The van der Waals surface area contributed by atoms with Crippen molar-refractivity contribution in [3.63, 3.8) is 0 Å². The first kappa shape index (κ1) is 17.9. The maximum absolute atomic E-state index is 12.9. The minimum atomic E-state index is -0.437. The first-order chi connectivity index (χ1) is 14.1. The van der Waals surface area contributed by atoms with Crippen LogP contribution in [-0.2, 0) is 0 Å². The van der Waals surface area contributed by atoms with Gasteiger partial charge in [-0.05, 0) is 49.9 Å². The van der Waals surface area contributed by atoms with E-state index in [0.717, 1.165) is 36.6 Å². The lowest BCUT2D eigenvalue weighted by atomic mass is 9.76. The molecule has 0 bridgehead atoms. The molecule has 5 heteroatoms. The van der Waals surface area contributed by atoms with E-state index in [9.17, 15) is 9.59 Å². The van der Waals surface area contributed by atoms with Crippen LogP contribution < -0.4 is 10.1 Å². The molecule has 0 radical (unpaired) electrons. The SMILES string of the molecule is O=C1CC2(CCC(NC(=O)c3cccc4cccnc34)CC2)Oc2ccccc21. The number of benzene rings is 2. The molecule has 1 aromatic heterocycles. The van der Waals surface area contributed by atoms with E-state index >= 15 is 0 Å². The van der Waals surface area contributed by atoms with Gasteiger partial charge in [-0.3, -0.25) is 14.6 Å². The van der Waals surface area contributed by atoms with E-state index in [2.05, 4.69) is 10.3 Å². The first-order valence-electron chi connectivity index (χ1n) is 10.1. The number of Topliss-reactive ketones (excluding diaryl/α,β-unsaturated/α-hetero) is 1. The first-order valence-corrected chi connectivity index (χ1v) is 10.1. The Morgan fingerprint density at radius 2 is 1.83 bits per heavy atom. The average molecular weight is 386 g/mol. The third-order valence-electron chi connectivity index (χ3n) is 6.11. The summed E-state index contributed by atoms with van der Waals surface area (Å²) >= 11 is 0. The molecule has 0 saturated heterocycles. The molecule has 1 fully saturated rings. The second kappa shape index (κ2) is 6.99. The molecular weight excluding hydrogens is 364 g/mol. The molecule has 29 heavy (non-hydrogen) atoms. The van der Waals surface area contributed by atoms with Gasteiger partial charge in [0, 0.05) is 17.6 Å². The monoisotopic (exact) mass is 386 g/mol. The Kier molecular flexibility index (Phi) is 4.31. The van der Waals surface area contributed by atoms with Gasteiger partial charge in [0.15, 0.2) is 5.78 Å². The van der Waals surface area contributed by atoms with Crippen molar-refractivity contribution in [3.05, 3.63) is 71.9 Å². The summed E-state index contributed by atoms with van der Waals surface area (Å²) in [5.74, 6) is 0.741. The molecular formula is C24H22N2O3. The number of nitrogens with one attached hydrogen (secondary N) is 1. The highest BCUT2D eigenvalue weighted by Gasteiger charge is 2.43. The Hall–Kier alpha value is -3.21. The predicted molar refractivity (Wildman–Crippen MR) is 110 cm³/mol. The van der Waals surface area contributed by atoms with Gasteiger partial charge in [0.25, 0.3) is 5.91 Å². The highest BCUT2D eigenvalue weighted by molar-refractivity contribution is 6.05. The highest BCUT2D eigenvalue weighted by atomic mass is 16.5. The lowest BCUT2D eigenvalue weighted by molar-refractivity contribution is 0.00704. The fraction of sp³-hybridized carbons (Fsp3) is 0.292. The van der Waals surface area contributed by atoms with Gasteiger partial charge in [0.1, 0.15) is 11.4 Å². The van der Waals surface area contributed by atoms with Crippen LogP contribution in [0.4, 0.5) is 0 Å². The van der Waals surface area contributed by atoms with Crippen LogP contribution in [0.5, 0.6) is 5.75 Å². The normalized spacial score (nSPS) is 23.4. The van der Waals surface area contributed by atoms with Crippen molar-refractivity contribution in [2.75, 3.05) is 0 Å². The Labute approximate surface area is 169 Å². The van der Waals surface area contributed by atoms with Crippen LogP contribution in [0.3, 0.4) is 0 Å². The van der Waals surface area contributed by atoms with E-state index in [-0.39, 0.29) is 17.7 Å². The van der Waals surface area contributed by atoms with Crippen molar-refractivity contribution >= 4 is 22.6 Å². The Bertz CT molecular complexity index is 1090. The molecule has 1 saturated carbocycles. The van der Waals surface area contributed by atoms with E-state index in [1.54, 1.807) is 6.20 Å². The second-order valence-corrected chi connectivity index (χ2v) is 8.01. The summed E-state index contributed by atoms with van der Waals surface area (Å²) in [7, 11) is 0. The van der Waals surface area contributed by atoms with E-state index in [1.807, 2.05) is 54.6 Å². The summed E-state index contributed by atoms with van der Waals surface area (Å²) in [6, 6.07) is 17.0. The molecule has 1 spiro atoms. The lowest BCUT2D eigenvalue weighted by Crippen LogP contribution is -2.49. The van der Waals surface area contributed by atoms with Gasteiger partial charge in [-0.1, -0.05) is 30.3 Å². The molecule has 1 aliphatic carbocycles. The van der Waals surface area contributed by atoms with Crippen molar-refractivity contribution in [1.29, 1.82) is 0 Å². The van der Waals surface area contributed by atoms with Gasteiger partial charge in [-0.2, -0.15) is 0 Å². The Balaban J connectivity index is 1.28.